The van der Waals surface area contributed by atoms with Crippen LogP contribution >= 0.6 is 0 Å². The van der Waals surface area contributed by atoms with Crippen LogP contribution in [0.4, 0.5) is 0 Å². The van der Waals surface area contributed by atoms with Crippen molar-refractivity contribution in [2.75, 3.05) is 27.3 Å². The van der Waals surface area contributed by atoms with Gasteiger partial charge in [0.25, 0.3) is 0 Å². The van der Waals surface area contributed by atoms with Gasteiger partial charge in [0.15, 0.2) is 0 Å². The Morgan fingerprint density at radius 2 is 1.85 bits per heavy atom. The number of sulfonamides is 1. The minimum Gasteiger partial charge on any atom is -0.497 e. The molecule has 0 atom stereocenters. The van der Waals surface area contributed by atoms with Crippen molar-refractivity contribution in [3.63, 3.8) is 0 Å². The number of benzene rings is 2. The number of nitrogens with zero attached hydrogens (tertiary/aromatic N) is 1. The zero-order valence-electron chi connectivity index (χ0n) is 19.2. The van der Waals surface area contributed by atoms with Crippen molar-refractivity contribution in [2.24, 2.45) is 0 Å². The molecule has 178 valence electrons. The van der Waals surface area contributed by atoms with Gasteiger partial charge in [-0.25, -0.2) is 8.42 Å². The third-order valence-corrected chi connectivity index (χ3v) is 7.48. The Labute approximate surface area is 196 Å². The summed E-state index contributed by atoms with van der Waals surface area (Å²) in [5, 5.41) is 2.88. The van der Waals surface area contributed by atoms with E-state index in [1.807, 2.05) is 30.3 Å². The van der Waals surface area contributed by atoms with E-state index in [1.54, 1.807) is 12.1 Å². The van der Waals surface area contributed by atoms with Crippen LogP contribution in [0.25, 0.3) is 0 Å². The summed E-state index contributed by atoms with van der Waals surface area (Å²) in [4.78, 5) is 12.7. The van der Waals surface area contributed by atoms with E-state index < -0.39 is 10.0 Å². The van der Waals surface area contributed by atoms with Crippen LogP contribution in [0, 0.1) is 0 Å². The molecule has 1 amide bonds. The fourth-order valence-corrected chi connectivity index (χ4v) is 5.40. The number of nitrogens with one attached hydrogen (secondary N) is 1. The number of hydrogen-bond donors (Lipinski definition) is 1. The lowest BCUT2D eigenvalue weighted by Crippen LogP contribution is -2.40. The lowest BCUT2D eigenvalue weighted by atomic mass is 9.97. The molecule has 0 bridgehead atoms. The summed E-state index contributed by atoms with van der Waals surface area (Å²) in [5.74, 6) is 0.241. The van der Waals surface area contributed by atoms with Gasteiger partial charge >= 0.3 is 0 Å². The van der Waals surface area contributed by atoms with E-state index in [0.717, 1.165) is 24.8 Å². The maximum Gasteiger partial charge on any atom is 0.247 e. The van der Waals surface area contributed by atoms with Gasteiger partial charge in [0, 0.05) is 19.2 Å². The van der Waals surface area contributed by atoms with Gasteiger partial charge in [-0.1, -0.05) is 42.0 Å². The van der Waals surface area contributed by atoms with Crippen molar-refractivity contribution < 1.29 is 22.7 Å². The number of carbonyl (C=O) groups is 1. The smallest absolute Gasteiger partial charge is 0.247 e. The lowest BCUT2D eigenvalue weighted by molar-refractivity contribution is -0.121. The molecule has 1 N–H and O–H groups in total. The number of allylic oxidation sites excluding steroid dienone is 1. The van der Waals surface area contributed by atoms with Gasteiger partial charge in [-0.2, -0.15) is 4.31 Å². The predicted octanol–water partition coefficient (Wildman–Crippen LogP) is 3.90. The third-order valence-electron chi connectivity index (χ3n) is 5.66. The summed E-state index contributed by atoms with van der Waals surface area (Å²) in [6, 6.07) is 13.8. The topological polar surface area (TPSA) is 84.9 Å². The number of ether oxygens (including phenoxy) is 2. The van der Waals surface area contributed by atoms with Gasteiger partial charge in [-0.3, -0.25) is 4.79 Å². The van der Waals surface area contributed by atoms with Crippen LogP contribution in [-0.4, -0.2) is 45.9 Å². The standard InChI is InChI=1S/C25H32N2O5S/c1-31-22-13-14-23(32-2)24(17-22)33(29,30)27(18-21-11-7-4-8-12-21)19-25(28)26-16-15-20-9-5-3-6-10-20/h4,7-9,11-14,17H,3,5-6,10,15-16,18-19H2,1-2H3,(H,26,28). The first-order chi connectivity index (χ1) is 15.9. The van der Waals surface area contributed by atoms with Gasteiger partial charge in [0.05, 0.1) is 20.8 Å². The average Bonchev–Trinajstić information content (AvgIpc) is 2.84. The van der Waals surface area contributed by atoms with E-state index in [9.17, 15) is 13.2 Å². The zero-order valence-corrected chi connectivity index (χ0v) is 20.1. The molecule has 1 aliphatic rings. The van der Waals surface area contributed by atoms with Gasteiger partial charge in [-0.15, -0.1) is 0 Å². The molecule has 0 aliphatic heterocycles. The normalized spacial score (nSPS) is 14.0. The minimum absolute atomic E-state index is 0.0413. The van der Waals surface area contributed by atoms with Crippen molar-refractivity contribution in [3.8, 4) is 11.5 Å². The second kappa shape index (κ2) is 11.9. The second-order valence-corrected chi connectivity index (χ2v) is 9.89. The van der Waals surface area contributed by atoms with Crippen molar-refractivity contribution in [1.82, 2.24) is 9.62 Å². The maximum absolute atomic E-state index is 13.6. The molecule has 7 nitrogen and oxygen atoms in total. The predicted molar refractivity (Wildman–Crippen MR) is 128 cm³/mol. The highest BCUT2D eigenvalue weighted by Crippen LogP contribution is 2.31. The third kappa shape index (κ3) is 6.82. The van der Waals surface area contributed by atoms with Gasteiger partial charge in [0.2, 0.25) is 15.9 Å². The highest BCUT2D eigenvalue weighted by atomic mass is 32.2. The Kier molecular flexibility index (Phi) is 8.91. The lowest BCUT2D eigenvalue weighted by Gasteiger charge is -2.23. The van der Waals surface area contributed by atoms with Crippen molar-refractivity contribution >= 4 is 15.9 Å². The molecule has 1 aliphatic carbocycles. The summed E-state index contributed by atoms with van der Waals surface area (Å²) in [6.45, 7) is 0.255. The van der Waals surface area contributed by atoms with Crippen LogP contribution in [0.2, 0.25) is 0 Å². The molecular weight excluding hydrogens is 440 g/mol. The van der Waals surface area contributed by atoms with Crippen LogP contribution < -0.4 is 14.8 Å². The summed E-state index contributed by atoms with van der Waals surface area (Å²) in [7, 11) is -1.18. The van der Waals surface area contributed by atoms with E-state index >= 15 is 0 Å². The number of hydrogen-bond acceptors (Lipinski definition) is 5. The van der Waals surface area contributed by atoms with Crippen LogP contribution in [0.1, 0.15) is 37.7 Å². The Bertz CT molecular complexity index is 1070. The number of rotatable bonds is 11. The average molecular weight is 473 g/mol. The zero-order chi connectivity index (χ0) is 23.7. The quantitative estimate of drug-likeness (QED) is 0.502. The number of methoxy groups -OCH3 is 2. The van der Waals surface area contributed by atoms with E-state index in [0.29, 0.717) is 12.3 Å². The molecule has 3 rings (SSSR count). The molecule has 0 saturated carbocycles. The van der Waals surface area contributed by atoms with Crippen molar-refractivity contribution in [1.29, 1.82) is 0 Å². The highest BCUT2D eigenvalue weighted by molar-refractivity contribution is 7.89. The fraction of sp³-hybridized carbons (Fsp3) is 0.400. The van der Waals surface area contributed by atoms with E-state index in [2.05, 4.69) is 11.4 Å². The first-order valence-electron chi connectivity index (χ1n) is 11.1. The van der Waals surface area contributed by atoms with Crippen LogP contribution in [0.15, 0.2) is 65.1 Å². The van der Waals surface area contributed by atoms with Crippen LogP contribution in [0.3, 0.4) is 0 Å². The minimum atomic E-state index is -4.06. The van der Waals surface area contributed by atoms with Gasteiger partial charge < -0.3 is 14.8 Å². The maximum atomic E-state index is 13.6. The van der Waals surface area contributed by atoms with Crippen LogP contribution in [0.5, 0.6) is 11.5 Å². The molecule has 2 aromatic carbocycles. The molecule has 0 saturated heterocycles. The Hall–Kier alpha value is -2.84. The molecule has 0 radical (unpaired) electrons. The SMILES string of the molecule is COc1ccc(OC)c(S(=O)(=O)N(CC(=O)NCCC2=CCCCC2)Cc2ccccc2)c1. The Balaban J connectivity index is 1.80. The Morgan fingerprint density at radius 1 is 1.06 bits per heavy atom. The molecular formula is C25H32N2O5S. The van der Waals surface area contributed by atoms with E-state index in [1.165, 1.54) is 43.0 Å². The van der Waals surface area contributed by atoms with Crippen molar-refractivity contribution in [3.05, 3.63) is 65.7 Å². The summed E-state index contributed by atoms with van der Waals surface area (Å²) in [6.07, 6.45) is 7.60. The van der Waals surface area contributed by atoms with Gasteiger partial charge in [-0.05, 0) is 49.8 Å². The first-order valence-corrected chi connectivity index (χ1v) is 12.6. The molecule has 0 aromatic heterocycles. The van der Waals surface area contributed by atoms with Gasteiger partial charge in [0.1, 0.15) is 16.4 Å². The largest absolute Gasteiger partial charge is 0.497 e. The number of carbonyl (C=O) groups excluding carboxylic acids is 1. The molecule has 0 heterocycles. The Morgan fingerprint density at radius 3 is 2.52 bits per heavy atom. The monoisotopic (exact) mass is 472 g/mol. The van der Waals surface area contributed by atoms with Crippen molar-refractivity contribution in [2.45, 2.75) is 43.5 Å². The highest BCUT2D eigenvalue weighted by Gasteiger charge is 2.30. The second-order valence-electron chi connectivity index (χ2n) is 7.98. The van der Waals surface area contributed by atoms with E-state index in [4.69, 9.17) is 9.47 Å². The first kappa shape index (κ1) is 24.8. The van der Waals surface area contributed by atoms with Crippen LogP contribution in [-0.2, 0) is 21.4 Å². The molecule has 33 heavy (non-hydrogen) atoms. The van der Waals surface area contributed by atoms with E-state index in [-0.39, 0.29) is 29.6 Å². The number of amides is 1. The molecule has 0 spiro atoms. The molecule has 2 aromatic rings. The fourth-order valence-electron chi connectivity index (χ4n) is 3.85. The molecule has 8 heteroatoms. The summed E-state index contributed by atoms with van der Waals surface area (Å²) >= 11 is 0. The molecule has 0 fully saturated rings. The summed E-state index contributed by atoms with van der Waals surface area (Å²) < 4.78 is 39.0. The molecule has 0 unspecified atom stereocenters. The summed E-state index contributed by atoms with van der Waals surface area (Å²) in [5.41, 5.74) is 2.14.